The lowest BCUT2D eigenvalue weighted by Crippen LogP contribution is -1.86. The molecule has 0 saturated carbocycles. The Morgan fingerprint density at radius 2 is 1.07 bits per heavy atom. The molecule has 0 N–H and O–H groups in total. The van der Waals surface area contributed by atoms with Crippen molar-refractivity contribution in [1.29, 1.82) is 0 Å². The van der Waals surface area contributed by atoms with Gasteiger partial charge < -0.3 is 0 Å². The minimum Gasteiger partial charge on any atom is -0.0654 e. The van der Waals surface area contributed by atoms with Crippen LogP contribution in [0.3, 0.4) is 0 Å². The van der Waals surface area contributed by atoms with Crippen LogP contribution in [0.15, 0.2) is 42.5 Å². The fraction of sp³-hybridized carbons (Fsp3) is 0.593. The van der Waals surface area contributed by atoms with Crippen LogP contribution in [0.1, 0.15) is 109 Å². The van der Waals surface area contributed by atoms with Crippen molar-refractivity contribution in [2.24, 2.45) is 0 Å². The lowest BCUT2D eigenvalue weighted by atomic mass is 9.99. The van der Waals surface area contributed by atoms with Gasteiger partial charge in [0.15, 0.2) is 0 Å². The first-order valence-corrected chi connectivity index (χ1v) is 11.7. The molecule has 0 saturated heterocycles. The Morgan fingerprint density at radius 1 is 0.556 bits per heavy atom. The van der Waals surface area contributed by atoms with E-state index in [2.05, 4.69) is 55.8 Å². The molecule has 149 valence electrons. The number of unbranched alkanes of at least 4 members (excludes halogenated alkanes) is 14. The van der Waals surface area contributed by atoms with Crippen molar-refractivity contribution in [2.45, 2.75) is 103 Å². The number of benzene rings is 2. The van der Waals surface area contributed by atoms with Crippen LogP contribution in [-0.4, -0.2) is 0 Å². The number of hydrogen-bond donors (Lipinski definition) is 0. The van der Waals surface area contributed by atoms with Gasteiger partial charge in [0.1, 0.15) is 0 Å². The van der Waals surface area contributed by atoms with Crippen molar-refractivity contribution in [2.75, 3.05) is 0 Å². The van der Waals surface area contributed by atoms with Gasteiger partial charge in [-0.1, -0.05) is 139 Å². The first-order valence-electron chi connectivity index (χ1n) is 11.7. The van der Waals surface area contributed by atoms with Gasteiger partial charge in [0.05, 0.1) is 0 Å². The van der Waals surface area contributed by atoms with Crippen molar-refractivity contribution in [1.82, 2.24) is 0 Å². The number of hydrogen-bond acceptors (Lipinski definition) is 0. The highest BCUT2D eigenvalue weighted by atomic mass is 14.1. The smallest absolute Gasteiger partial charge is 0.00867 e. The van der Waals surface area contributed by atoms with Gasteiger partial charge in [0, 0.05) is 0 Å². The zero-order valence-electron chi connectivity index (χ0n) is 17.7. The van der Waals surface area contributed by atoms with Gasteiger partial charge in [-0.25, -0.2) is 0 Å². The summed E-state index contributed by atoms with van der Waals surface area (Å²) < 4.78 is 0. The first-order chi connectivity index (χ1) is 13.4. The highest BCUT2D eigenvalue weighted by Crippen LogP contribution is 2.22. The molecule has 0 amide bonds. The summed E-state index contributed by atoms with van der Waals surface area (Å²) >= 11 is 0. The molecule has 0 aliphatic heterocycles. The third-order valence-corrected chi connectivity index (χ3v) is 5.75. The van der Waals surface area contributed by atoms with Crippen molar-refractivity contribution < 1.29 is 0 Å². The maximum absolute atomic E-state index is 2.43. The van der Waals surface area contributed by atoms with Crippen molar-refractivity contribution in [3.05, 3.63) is 54.4 Å². The van der Waals surface area contributed by atoms with Crippen LogP contribution in [0, 0.1) is 6.42 Å². The van der Waals surface area contributed by atoms with Crippen LogP contribution in [0.2, 0.25) is 0 Å². The van der Waals surface area contributed by atoms with Crippen LogP contribution >= 0.6 is 0 Å². The maximum Gasteiger partial charge on any atom is -0.00867 e. The fourth-order valence-electron chi connectivity index (χ4n) is 4.02. The van der Waals surface area contributed by atoms with Crippen molar-refractivity contribution in [3.63, 3.8) is 0 Å². The Balaban J connectivity index is 1.40. The van der Waals surface area contributed by atoms with E-state index in [-0.39, 0.29) is 0 Å². The molecule has 27 heavy (non-hydrogen) atoms. The Hall–Kier alpha value is -1.30. The molecule has 0 atom stereocenters. The van der Waals surface area contributed by atoms with Crippen LogP contribution in [-0.2, 0) is 0 Å². The summed E-state index contributed by atoms with van der Waals surface area (Å²) in [5.41, 5.74) is 1.41. The minimum atomic E-state index is 1.21. The van der Waals surface area contributed by atoms with Gasteiger partial charge in [-0.05, 0) is 29.2 Å². The third kappa shape index (κ3) is 9.45. The van der Waals surface area contributed by atoms with Crippen molar-refractivity contribution in [3.8, 4) is 0 Å². The summed E-state index contributed by atoms with van der Waals surface area (Å²) in [6.45, 7) is 2.29. The second kappa shape index (κ2) is 14.7. The van der Waals surface area contributed by atoms with E-state index >= 15 is 0 Å². The standard InChI is InChI=1S/C27H41/c1-2-3-4-5-6-7-8-9-10-11-12-13-14-15-16-20-25-22-19-23-26-21-17-18-24-27(25)26/h17-24H,2-16H2,1H3. The average molecular weight is 366 g/mol. The van der Waals surface area contributed by atoms with Crippen LogP contribution < -0.4 is 0 Å². The Bertz CT molecular complexity index is 593. The summed E-state index contributed by atoms with van der Waals surface area (Å²) in [6.07, 6.45) is 23.7. The minimum absolute atomic E-state index is 1.21. The molecule has 2 aromatic carbocycles. The number of rotatable bonds is 16. The molecule has 0 spiro atoms. The van der Waals surface area contributed by atoms with E-state index in [1.165, 1.54) is 113 Å². The largest absolute Gasteiger partial charge is 0.0654 e. The SMILES string of the molecule is CCCCCCCCCCCCCCCC[CH]c1cccc2ccccc12. The lowest BCUT2D eigenvalue weighted by molar-refractivity contribution is 0.535. The summed E-state index contributed by atoms with van der Waals surface area (Å²) in [4.78, 5) is 0. The summed E-state index contributed by atoms with van der Waals surface area (Å²) in [6, 6.07) is 15.4. The van der Waals surface area contributed by atoms with Gasteiger partial charge in [0.2, 0.25) is 0 Å². The molecule has 0 bridgehead atoms. The maximum atomic E-state index is 2.43. The topological polar surface area (TPSA) is 0 Å². The molecule has 1 radical (unpaired) electrons. The lowest BCUT2D eigenvalue weighted by Gasteiger charge is -2.06. The molecule has 0 aromatic heterocycles. The van der Waals surface area contributed by atoms with Crippen LogP contribution in [0.25, 0.3) is 10.8 Å². The molecule has 0 unspecified atom stereocenters. The van der Waals surface area contributed by atoms with E-state index in [1.807, 2.05) is 0 Å². The van der Waals surface area contributed by atoms with Gasteiger partial charge >= 0.3 is 0 Å². The summed E-state index contributed by atoms with van der Waals surface area (Å²) in [5.74, 6) is 0. The van der Waals surface area contributed by atoms with Gasteiger partial charge in [0.25, 0.3) is 0 Å². The first kappa shape index (κ1) is 22.0. The molecule has 0 aliphatic rings. The van der Waals surface area contributed by atoms with Crippen LogP contribution in [0.4, 0.5) is 0 Å². The monoisotopic (exact) mass is 365 g/mol. The van der Waals surface area contributed by atoms with Gasteiger partial charge in [-0.2, -0.15) is 0 Å². The van der Waals surface area contributed by atoms with Gasteiger partial charge in [-0.15, -0.1) is 0 Å². The second-order valence-electron chi connectivity index (χ2n) is 8.16. The molecular weight excluding hydrogens is 324 g/mol. The quantitative estimate of drug-likeness (QED) is 0.260. The molecule has 0 aliphatic carbocycles. The third-order valence-electron chi connectivity index (χ3n) is 5.75. The number of fused-ring (bicyclic) bond motifs is 1. The highest BCUT2D eigenvalue weighted by Gasteiger charge is 2.00. The van der Waals surface area contributed by atoms with E-state index in [0.29, 0.717) is 0 Å². The molecule has 0 heteroatoms. The molecule has 0 nitrogen and oxygen atoms in total. The zero-order valence-corrected chi connectivity index (χ0v) is 17.7. The van der Waals surface area contributed by atoms with E-state index in [9.17, 15) is 0 Å². The molecule has 0 fully saturated rings. The average Bonchev–Trinajstić information content (AvgIpc) is 2.71. The molecular formula is C27H41. The molecule has 2 rings (SSSR count). The van der Waals surface area contributed by atoms with E-state index in [4.69, 9.17) is 0 Å². The van der Waals surface area contributed by atoms with Gasteiger partial charge in [-0.3, -0.25) is 0 Å². The Kier molecular flexibility index (Phi) is 12.0. The van der Waals surface area contributed by atoms with E-state index in [0.717, 1.165) is 0 Å². The molecule has 2 aromatic rings. The van der Waals surface area contributed by atoms with E-state index < -0.39 is 0 Å². The molecule has 0 heterocycles. The van der Waals surface area contributed by atoms with Crippen molar-refractivity contribution >= 4 is 10.8 Å². The summed E-state index contributed by atoms with van der Waals surface area (Å²) in [7, 11) is 0. The normalized spacial score (nSPS) is 11.3. The Morgan fingerprint density at radius 3 is 1.70 bits per heavy atom. The predicted octanol–water partition coefficient (Wildman–Crippen LogP) is 9.26. The fourth-order valence-corrected chi connectivity index (χ4v) is 4.02. The van der Waals surface area contributed by atoms with E-state index in [1.54, 1.807) is 0 Å². The van der Waals surface area contributed by atoms with Crippen LogP contribution in [0.5, 0.6) is 0 Å². The highest BCUT2D eigenvalue weighted by molar-refractivity contribution is 5.86. The second-order valence-corrected chi connectivity index (χ2v) is 8.16. The Labute approximate surface area is 168 Å². The predicted molar refractivity (Wildman–Crippen MR) is 122 cm³/mol. The summed E-state index contributed by atoms with van der Waals surface area (Å²) in [5, 5.41) is 2.75. The zero-order chi connectivity index (χ0) is 19.0.